The number of halogens is 2. The Bertz CT molecular complexity index is 597. The lowest BCUT2D eigenvalue weighted by atomic mass is 10.1. The summed E-state index contributed by atoms with van der Waals surface area (Å²) in [7, 11) is 0. The van der Waals surface area contributed by atoms with Gasteiger partial charge in [0.25, 0.3) is 0 Å². The normalized spacial score (nSPS) is 12.3. The van der Waals surface area contributed by atoms with Crippen molar-refractivity contribution in [1.82, 2.24) is 0 Å². The minimum absolute atomic E-state index is 0.0488. The highest BCUT2D eigenvalue weighted by molar-refractivity contribution is 5.36. The Balaban J connectivity index is 2.25. The van der Waals surface area contributed by atoms with Gasteiger partial charge >= 0.3 is 0 Å². The summed E-state index contributed by atoms with van der Waals surface area (Å²) >= 11 is 0. The summed E-state index contributed by atoms with van der Waals surface area (Å²) in [6, 6.07) is 8.66. The van der Waals surface area contributed by atoms with Crippen molar-refractivity contribution in [2.24, 2.45) is 5.73 Å². The summed E-state index contributed by atoms with van der Waals surface area (Å²) < 4.78 is 32.5. The minimum Gasteiger partial charge on any atom is -0.454 e. The third-order valence-corrected chi connectivity index (χ3v) is 2.85. The number of hydrogen-bond acceptors (Lipinski definition) is 2. The second kappa shape index (κ2) is 5.36. The van der Waals surface area contributed by atoms with Crippen LogP contribution in [0.3, 0.4) is 0 Å². The summed E-state index contributed by atoms with van der Waals surface area (Å²) in [6.07, 6.45) is 0. The fourth-order valence-corrected chi connectivity index (χ4v) is 1.65. The number of rotatable bonds is 3. The van der Waals surface area contributed by atoms with Crippen LogP contribution in [0, 0.1) is 18.6 Å². The van der Waals surface area contributed by atoms with Gasteiger partial charge in [0, 0.05) is 12.1 Å². The van der Waals surface area contributed by atoms with Gasteiger partial charge in [-0.25, -0.2) is 8.78 Å². The summed E-state index contributed by atoms with van der Waals surface area (Å²) in [5.41, 5.74) is 6.86. The zero-order valence-corrected chi connectivity index (χ0v) is 10.8. The highest BCUT2D eigenvalue weighted by Gasteiger charge is 2.09. The van der Waals surface area contributed by atoms with E-state index in [4.69, 9.17) is 10.5 Å². The SMILES string of the molecule is Cc1ccc(Oc2ccc([C@H](C)N)cc2F)cc1F. The molecule has 0 bridgehead atoms. The first-order valence-electron chi connectivity index (χ1n) is 5.96. The molecule has 0 fully saturated rings. The smallest absolute Gasteiger partial charge is 0.166 e. The van der Waals surface area contributed by atoms with E-state index in [1.54, 1.807) is 32.0 Å². The molecule has 0 unspecified atom stereocenters. The van der Waals surface area contributed by atoms with E-state index < -0.39 is 5.82 Å². The monoisotopic (exact) mass is 263 g/mol. The van der Waals surface area contributed by atoms with Crippen molar-refractivity contribution < 1.29 is 13.5 Å². The molecule has 2 aromatic rings. The minimum atomic E-state index is -0.518. The van der Waals surface area contributed by atoms with E-state index in [1.165, 1.54) is 18.2 Å². The van der Waals surface area contributed by atoms with Crippen molar-refractivity contribution in [3.8, 4) is 11.5 Å². The van der Waals surface area contributed by atoms with Gasteiger partial charge in [-0.05, 0) is 43.2 Å². The number of nitrogens with two attached hydrogens (primary N) is 1. The highest BCUT2D eigenvalue weighted by atomic mass is 19.1. The second-order valence-electron chi connectivity index (χ2n) is 4.49. The molecule has 1 atom stereocenters. The average Bonchev–Trinajstić information content (AvgIpc) is 2.36. The van der Waals surface area contributed by atoms with E-state index in [1.807, 2.05) is 0 Å². The zero-order chi connectivity index (χ0) is 14.0. The number of hydrogen-bond donors (Lipinski definition) is 1. The zero-order valence-electron chi connectivity index (χ0n) is 10.8. The molecular weight excluding hydrogens is 248 g/mol. The molecule has 0 saturated carbocycles. The summed E-state index contributed by atoms with van der Waals surface area (Å²) in [5.74, 6) is -0.593. The van der Waals surface area contributed by atoms with Gasteiger partial charge in [-0.2, -0.15) is 0 Å². The molecule has 0 aromatic heterocycles. The van der Waals surface area contributed by atoms with Crippen LogP contribution in [0.5, 0.6) is 11.5 Å². The Morgan fingerprint density at radius 2 is 1.79 bits per heavy atom. The second-order valence-corrected chi connectivity index (χ2v) is 4.49. The first-order chi connectivity index (χ1) is 8.97. The molecule has 0 aliphatic rings. The van der Waals surface area contributed by atoms with Crippen LogP contribution in [0.15, 0.2) is 36.4 Å². The predicted molar refractivity (Wildman–Crippen MR) is 70.2 cm³/mol. The molecule has 0 amide bonds. The molecule has 0 aliphatic heterocycles. The molecule has 2 nitrogen and oxygen atoms in total. The first kappa shape index (κ1) is 13.5. The van der Waals surface area contributed by atoms with Gasteiger partial charge in [0.15, 0.2) is 11.6 Å². The molecule has 0 aliphatic carbocycles. The number of benzene rings is 2. The van der Waals surface area contributed by atoms with Crippen molar-refractivity contribution in [2.75, 3.05) is 0 Å². The molecule has 2 rings (SSSR count). The van der Waals surface area contributed by atoms with Gasteiger partial charge in [0.2, 0.25) is 0 Å². The summed E-state index contributed by atoms with van der Waals surface area (Å²) in [6.45, 7) is 3.42. The summed E-state index contributed by atoms with van der Waals surface area (Å²) in [4.78, 5) is 0. The topological polar surface area (TPSA) is 35.2 Å². The quantitative estimate of drug-likeness (QED) is 0.905. The molecular formula is C15H15F2NO. The van der Waals surface area contributed by atoms with E-state index in [2.05, 4.69) is 0 Å². The van der Waals surface area contributed by atoms with E-state index >= 15 is 0 Å². The predicted octanol–water partition coefficient (Wildman–Crippen LogP) is 4.09. The molecule has 0 saturated heterocycles. The Morgan fingerprint density at radius 3 is 2.37 bits per heavy atom. The van der Waals surface area contributed by atoms with Gasteiger partial charge in [-0.3, -0.25) is 0 Å². The standard InChI is InChI=1S/C15H15F2NO/c1-9-3-5-12(8-13(9)16)19-15-6-4-11(10(2)18)7-14(15)17/h3-8,10H,18H2,1-2H3/t10-/m0/s1. The Kier molecular flexibility index (Phi) is 3.81. The van der Waals surface area contributed by atoms with Crippen LogP contribution >= 0.6 is 0 Å². The van der Waals surface area contributed by atoms with Gasteiger partial charge < -0.3 is 10.5 Å². The lowest BCUT2D eigenvalue weighted by Gasteiger charge is -2.10. The Hall–Kier alpha value is -1.94. The van der Waals surface area contributed by atoms with Crippen LogP contribution in [0.2, 0.25) is 0 Å². The van der Waals surface area contributed by atoms with Crippen LogP contribution < -0.4 is 10.5 Å². The van der Waals surface area contributed by atoms with Crippen molar-refractivity contribution in [1.29, 1.82) is 0 Å². The maximum absolute atomic E-state index is 13.8. The van der Waals surface area contributed by atoms with E-state index in [0.29, 0.717) is 11.1 Å². The van der Waals surface area contributed by atoms with Crippen LogP contribution in [-0.4, -0.2) is 0 Å². The molecule has 4 heteroatoms. The van der Waals surface area contributed by atoms with E-state index in [0.717, 1.165) is 0 Å². The summed E-state index contributed by atoms with van der Waals surface area (Å²) in [5, 5.41) is 0. The van der Waals surface area contributed by atoms with Gasteiger partial charge in [-0.1, -0.05) is 12.1 Å². The van der Waals surface area contributed by atoms with Crippen LogP contribution in [0.25, 0.3) is 0 Å². The molecule has 2 aromatic carbocycles. The average molecular weight is 263 g/mol. The maximum Gasteiger partial charge on any atom is 0.166 e. The third kappa shape index (κ3) is 3.09. The fraction of sp³-hybridized carbons (Fsp3) is 0.200. The maximum atomic E-state index is 13.8. The lowest BCUT2D eigenvalue weighted by Crippen LogP contribution is -2.05. The molecule has 0 radical (unpaired) electrons. The van der Waals surface area contributed by atoms with Gasteiger partial charge in [0.1, 0.15) is 11.6 Å². The van der Waals surface area contributed by atoms with Crippen molar-refractivity contribution in [3.05, 3.63) is 59.2 Å². The lowest BCUT2D eigenvalue weighted by molar-refractivity contribution is 0.437. The van der Waals surface area contributed by atoms with Crippen molar-refractivity contribution in [2.45, 2.75) is 19.9 Å². The van der Waals surface area contributed by atoms with Crippen LogP contribution in [0.1, 0.15) is 24.1 Å². The van der Waals surface area contributed by atoms with E-state index in [-0.39, 0.29) is 23.4 Å². The first-order valence-corrected chi connectivity index (χ1v) is 5.96. The van der Waals surface area contributed by atoms with Crippen LogP contribution in [0.4, 0.5) is 8.78 Å². The van der Waals surface area contributed by atoms with E-state index in [9.17, 15) is 8.78 Å². The van der Waals surface area contributed by atoms with Crippen molar-refractivity contribution in [3.63, 3.8) is 0 Å². The molecule has 19 heavy (non-hydrogen) atoms. The third-order valence-electron chi connectivity index (χ3n) is 2.85. The molecule has 0 heterocycles. The van der Waals surface area contributed by atoms with Crippen molar-refractivity contribution >= 4 is 0 Å². The fourth-order valence-electron chi connectivity index (χ4n) is 1.65. The molecule has 2 N–H and O–H groups in total. The number of ether oxygens (including phenoxy) is 1. The number of aryl methyl sites for hydroxylation is 1. The van der Waals surface area contributed by atoms with Crippen LogP contribution in [-0.2, 0) is 0 Å². The Labute approximate surface area is 110 Å². The molecule has 0 spiro atoms. The molecule has 100 valence electrons. The Morgan fingerprint density at radius 1 is 1.05 bits per heavy atom. The highest BCUT2D eigenvalue weighted by Crippen LogP contribution is 2.27. The largest absolute Gasteiger partial charge is 0.454 e. The van der Waals surface area contributed by atoms with Gasteiger partial charge in [0.05, 0.1) is 0 Å². The van der Waals surface area contributed by atoms with Gasteiger partial charge in [-0.15, -0.1) is 0 Å².